The summed E-state index contributed by atoms with van der Waals surface area (Å²) < 4.78 is 10.9. The summed E-state index contributed by atoms with van der Waals surface area (Å²) in [5.41, 5.74) is 0.584. The van der Waals surface area contributed by atoms with Crippen LogP contribution in [0.3, 0.4) is 0 Å². The number of tetrazole rings is 1. The molecule has 21 heavy (non-hydrogen) atoms. The Morgan fingerprint density at radius 3 is 2.90 bits per heavy atom. The first-order valence-corrected chi connectivity index (χ1v) is 6.04. The number of hydrogen-bond acceptors (Lipinski definition) is 6. The molecule has 0 aliphatic rings. The van der Waals surface area contributed by atoms with Crippen LogP contribution in [-0.4, -0.2) is 38.4 Å². The molecule has 0 saturated heterocycles. The number of benzene rings is 1. The lowest BCUT2D eigenvalue weighted by Crippen LogP contribution is -2.02. The molecule has 0 radical (unpaired) electrons. The zero-order valence-corrected chi connectivity index (χ0v) is 11.6. The smallest absolute Gasteiger partial charge is 0.328 e. The average Bonchev–Trinajstić information content (AvgIpc) is 2.88. The van der Waals surface area contributed by atoms with Crippen molar-refractivity contribution in [1.29, 1.82) is 0 Å². The molecule has 0 atom stereocenters. The SMILES string of the molecule is COc1cccc(/C=C/C(=O)O)c1OCc1nnn(C)n1. The van der Waals surface area contributed by atoms with Crippen molar-refractivity contribution in [2.75, 3.05) is 7.11 Å². The van der Waals surface area contributed by atoms with E-state index >= 15 is 0 Å². The number of aliphatic carboxylic acids is 1. The third-order valence-corrected chi connectivity index (χ3v) is 2.53. The van der Waals surface area contributed by atoms with Gasteiger partial charge >= 0.3 is 5.97 Å². The van der Waals surface area contributed by atoms with Gasteiger partial charge in [0.25, 0.3) is 0 Å². The van der Waals surface area contributed by atoms with E-state index < -0.39 is 5.97 Å². The van der Waals surface area contributed by atoms with Crippen molar-refractivity contribution in [2.24, 2.45) is 7.05 Å². The minimum Gasteiger partial charge on any atom is -0.493 e. The molecule has 0 fully saturated rings. The van der Waals surface area contributed by atoms with Crippen molar-refractivity contribution in [1.82, 2.24) is 20.2 Å². The molecule has 0 spiro atoms. The standard InChI is InChI=1S/C13H14N4O4/c1-17-15-11(14-16-17)8-21-13-9(6-7-12(18)19)4-3-5-10(13)20-2/h3-7H,8H2,1-2H3,(H,18,19)/b7-6+. The number of aryl methyl sites for hydroxylation is 1. The van der Waals surface area contributed by atoms with Crippen LogP contribution in [0.4, 0.5) is 0 Å². The van der Waals surface area contributed by atoms with Gasteiger partial charge < -0.3 is 14.6 Å². The van der Waals surface area contributed by atoms with Crippen LogP contribution < -0.4 is 9.47 Å². The third kappa shape index (κ3) is 3.78. The Hall–Kier alpha value is -2.90. The summed E-state index contributed by atoms with van der Waals surface area (Å²) in [5.74, 6) is 0.285. The number of methoxy groups -OCH3 is 1. The molecule has 1 aromatic carbocycles. The summed E-state index contributed by atoms with van der Waals surface area (Å²) in [6.45, 7) is 0.0993. The predicted octanol–water partition coefficient (Wildman–Crippen LogP) is 0.895. The Bertz CT molecular complexity index is 666. The molecule has 110 valence electrons. The van der Waals surface area contributed by atoms with Crippen molar-refractivity contribution in [2.45, 2.75) is 6.61 Å². The molecule has 1 aromatic heterocycles. The number of ether oxygens (including phenoxy) is 2. The number of nitrogens with zero attached hydrogens (tertiary/aromatic N) is 4. The predicted molar refractivity (Wildman–Crippen MR) is 72.8 cm³/mol. The van der Waals surface area contributed by atoms with Crippen molar-refractivity contribution >= 4 is 12.0 Å². The number of para-hydroxylation sites is 1. The van der Waals surface area contributed by atoms with E-state index in [0.717, 1.165) is 6.08 Å². The van der Waals surface area contributed by atoms with Crippen molar-refractivity contribution < 1.29 is 19.4 Å². The molecule has 0 aliphatic heterocycles. The first kappa shape index (κ1) is 14.5. The number of aromatic nitrogens is 4. The van der Waals surface area contributed by atoms with E-state index in [-0.39, 0.29) is 6.61 Å². The van der Waals surface area contributed by atoms with Gasteiger partial charge in [0.05, 0.1) is 14.2 Å². The molecule has 0 bridgehead atoms. The quantitative estimate of drug-likeness (QED) is 0.789. The summed E-state index contributed by atoms with van der Waals surface area (Å²) in [6.07, 6.45) is 2.46. The fraction of sp³-hybridized carbons (Fsp3) is 0.231. The Morgan fingerprint density at radius 2 is 2.29 bits per heavy atom. The van der Waals surface area contributed by atoms with E-state index in [9.17, 15) is 4.79 Å². The van der Waals surface area contributed by atoms with E-state index in [0.29, 0.717) is 22.9 Å². The lowest BCUT2D eigenvalue weighted by atomic mass is 10.1. The maximum Gasteiger partial charge on any atom is 0.328 e. The van der Waals surface area contributed by atoms with E-state index in [1.54, 1.807) is 25.2 Å². The molecule has 0 aliphatic carbocycles. The van der Waals surface area contributed by atoms with Crippen molar-refractivity contribution in [3.8, 4) is 11.5 Å². The number of carboxylic acid groups (broad SMARTS) is 1. The largest absolute Gasteiger partial charge is 0.493 e. The first-order valence-electron chi connectivity index (χ1n) is 6.04. The average molecular weight is 290 g/mol. The number of carbonyl (C=O) groups is 1. The summed E-state index contributed by atoms with van der Waals surface area (Å²) in [4.78, 5) is 12.0. The molecule has 0 unspecified atom stereocenters. The highest BCUT2D eigenvalue weighted by atomic mass is 16.5. The normalized spacial score (nSPS) is 10.8. The zero-order chi connectivity index (χ0) is 15.2. The molecule has 1 heterocycles. The highest BCUT2D eigenvalue weighted by molar-refractivity contribution is 5.86. The highest BCUT2D eigenvalue weighted by Gasteiger charge is 2.11. The van der Waals surface area contributed by atoms with Crippen LogP contribution in [0.2, 0.25) is 0 Å². The highest BCUT2D eigenvalue weighted by Crippen LogP contribution is 2.32. The molecular weight excluding hydrogens is 276 g/mol. The second kappa shape index (κ2) is 6.51. The van der Waals surface area contributed by atoms with Gasteiger partial charge in [-0.25, -0.2) is 4.79 Å². The fourth-order valence-electron chi connectivity index (χ4n) is 1.66. The zero-order valence-electron chi connectivity index (χ0n) is 11.6. The summed E-state index contributed by atoms with van der Waals surface area (Å²) >= 11 is 0. The topological polar surface area (TPSA) is 99.4 Å². The fourth-order valence-corrected chi connectivity index (χ4v) is 1.66. The van der Waals surface area contributed by atoms with Gasteiger partial charge in [-0.15, -0.1) is 10.2 Å². The number of hydrogen-bond donors (Lipinski definition) is 1. The second-order valence-corrected chi connectivity index (χ2v) is 4.03. The van der Waals surface area contributed by atoms with Gasteiger partial charge in [-0.1, -0.05) is 12.1 Å². The maximum atomic E-state index is 10.6. The lowest BCUT2D eigenvalue weighted by molar-refractivity contribution is -0.131. The van der Waals surface area contributed by atoms with Gasteiger partial charge in [-0.05, 0) is 17.4 Å². The van der Waals surface area contributed by atoms with Crippen LogP contribution in [0.25, 0.3) is 6.08 Å². The molecule has 2 rings (SSSR count). The van der Waals surface area contributed by atoms with Crippen LogP contribution >= 0.6 is 0 Å². The van der Waals surface area contributed by atoms with E-state index in [1.807, 2.05) is 0 Å². The summed E-state index contributed by atoms with van der Waals surface area (Å²) in [6, 6.07) is 5.19. The Kier molecular flexibility index (Phi) is 4.50. The number of carboxylic acids is 1. The molecular formula is C13H14N4O4. The Balaban J connectivity index is 2.24. The van der Waals surface area contributed by atoms with Crippen molar-refractivity contribution in [3.63, 3.8) is 0 Å². The van der Waals surface area contributed by atoms with Crippen LogP contribution in [0.15, 0.2) is 24.3 Å². The molecule has 2 aromatic rings. The first-order chi connectivity index (χ1) is 10.1. The van der Waals surface area contributed by atoms with Crippen molar-refractivity contribution in [3.05, 3.63) is 35.7 Å². The van der Waals surface area contributed by atoms with Gasteiger partial charge in [0.15, 0.2) is 18.1 Å². The van der Waals surface area contributed by atoms with E-state index in [2.05, 4.69) is 15.4 Å². The molecule has 8 nitrogen and oxygen atoms in total. The van der Waals surface area contributed by atoms with Gasteiger partial charge in [0, 0.05) is 11.6 Å². The molecule has 0 saturated carbocycles. The van der Waals surface area contributed by atoms with Gasteiger partial charge in [-0.3, -0.25) is 0 Å². The van der Waals surface area contributed by atoms with Crippen LogP contribution in [0, 0.1) is 0 Å². The lowest BCUT2D eigenvalue weighted by Gasteiger charge is -2.11. The van der Waals surface area contributed by atoms with Gasteiger partial charge in [-0.2, -0.15) is 4.80 Å². The minimum atomic E-state index is -1.04. The van der Waals surface area contributed by atoms with Gasteiger partial charge in [0.1, 0.15) is 0 Å². The minimum absolute atomic E-state index is 0.0993. The van der Waals surface area contributed by atoms with Gasteiger partial charge in [0.2, 0.25) is 5.82 Å². The molecule has 8 heteroatoms. The molecule has 0 amide bonds. The van der Waals surface area contributed by atoms with Crippen LogP contribution in [0.5, 0.6) is 11.5 Å². The van der Waals surface area contributed by atoms with Crippen LogP contribution in [0.1, 0.15) is 11.4 Å². The van der Waals surface area contributed by atoms with E-state index in [1.165, 1.54) is 18.0 Å². The summed E-state index contributed by atoms with van der Waals surface area (Å²) in [7, 11) is 3.16. The number of rotatable bonds is 6. The molecule has 1 N–H and O–H groups in total. The van der Waals surface area contributed by atoms with E-state index in [4.69, 9.17) is 14.6 Å². The third-order valence-electron chi connectivity index (χ3n) is 2.53. The van der Waals surface area contributed by atoms with Crippen LogP contribution in [-0.2, 0) is 18.4 Å². The Labute approximate surface area is 120 Å². The second-order valence-electron chi connectivity index (χ2n) is 4.03. The maximum absolute atomic E-state index is 10.6. The summed E-state index contributed by atoms with van der Waals surface area (Å²) in [5, 5.41) is 20.2. The monoisotopic (exact) mass is 290 g/mol. The Morgan fingerprint density at radius 1 is 1.48 bits per heavy atom.